The summed E-state index contributed by atoms with van der Waals surface area (Å²) >= 11 is 0. The van der Waals surface area contributed by atoms with Crippen LogP contribution in [0.15, 0.2) is 43.0 Å². The van der Waals surface area contributed by atoms with Gasteiger partial charge in [0.2, 0.25) is 11.8 Å². The summed E-state index contributed by atoms with van der Waals surface area (Å²) < 4.78 is 2.01. The first-order valence-corrected chi connectivity index (χ1v) is 8.93. The maximum absolute atomic E-state index is 11.9. The number of aromatic nitrogens is 2. The van der Waals surface area contributed by atoms with Crippen molar-refractivity contribution >= 4 is 11.8 Å². The third kappa shape index (κ3) is 6.70. The molecular weight excluding hydrogens is 328 g/mol. The number of nitrogens with zero attached hydrogens (tertiary/aromatic N) is 2. The molecule has 6 heteroatoms. The van der Waals surface area contributed by atoms with Crippen LogP contribution < -0.4 is 10.6 Å². The lowest BCUT2D eigenvalue weighted by Gasteiger charge is -2.17. The minimum absolute atomic E-state index is 0.00232. The fraction of sp³-hybridized carbons (Fsp3) is 0.450. The van der Waals surface area contributed by atoms with Gasteiger partial charge >= 0.3 is 0 Å². The van der Waals surface area contributed by atoms with E-state index in [1.54, 1.807) is 12.5 Å². The fourth-order valence-corrected chi connectivity index (χ4v) is 2.36. The van der Waals surface area contributed by atoms with Gasteiger partial charge in [0.1, 0.15) is 0 Å². The van der Waals surface area contributed by atoms with E-state index in [1.807, 2.05) is 43.7 Å². The second-order valence-corrected chi connectivity index (χ2v) is 7.44. The fourth-order valence-electron chi connectivity index (χ4n) is 2.36. The first kappa shape index (κ1) is 19.7. The third-order valence-corrected chi connectivity index (χ3v) is 3.98. The van der Waals surface area contributed by atoms with Crippen molar-refractivity contribution < 1.29 is 9.59 Å². The number of nitrogens with one attached hydrogen (secondary N) is 2. The minimum atomic E-state index is -0.397. The number of carbonyl (C=O) groups is 2. The highest BCUT2D eigenvalue weighted by Crippen LogP contribution is 2.12. The molecule has 0 saturated carbocycles. The first-order chi connectivity index (χ1) is 12.3. The predicted octanol–water partition coefficient (Wildman–Crippen LogP) is 2.49. The highest BCUT2D eigenvalue weighted by molar-refractivity contribution is 5.81. The molecule has 0 atom stereocenters. The van der Waals surface area contributed by atoms with Gasteiger partial charge in [0.25, 0.3) is 0 Å². The Balaban J connectivity index is 1.65. The van der Waals surface area contributed by atoms with Crippen LogP contribution in [0, 0.1) is 5.41 Å². The Morgan fingerprint density at radius 1 is 1.08 bits per heavy atom. The number of amides is 2. The highest BCUT2D eigenvalue weighted by atomic mass is 16.2. The van der Waals surface area contributed by atoms with Gasteiger partial charge in [-0.25, -0.2) is 4.98 Å². The van der Waals surface area contributed by atoms with Crippen LogP contribution in [0.4, 0.5) is 0 Å². The molecule has 0 radical (unpaired) electrons. The molecule has 2 aromatic rings. The van der Waals surface area contributed by atoms with Crippen LogP contribution in [0.2, 0.25) is 0 Å². The summed E-state index contributed by atoms with van der Waals surface area (Å²) in [4.78, 5) is 27.7. The zero-order chi connectivity index (χ0) is 19.0. The summed E-state index contributed by atoms with van der Waals surface area (Å²) in [6, 6.07) is 8.17. The van der Waals surface area contributed by atoms with Gasteiger partial charge in [0.05, 0.1) is 6.33 Å². The van der Waals surface area contributed by atoms with Crippen molar-refractivity contribution in [2.45, 2.75) is 46.7 Å². The average Bonchev–Trinajstić information content (AvgIpc) is 3.10. The van der Waals surface area contributed by atoms with Crippen LogP contribution in [0.1, 0.15) is 44.7 Å². The molecule has 0 aliphatic carbocycles. The molecule has 2 amide bonds. The van der Waals surface area contributed by atoms with Gasteiger partial charge in [0, 0.05) is 43.9 Å². The molecule has 0 bridgehead atoms. The molecule has 1 aromatic heterocycles. The van der Waals surface area contributed by atoms with Crippen molar-refractivity contribution in [2.75, 3.05) is 6.54 Å². The Labute approximate surface area is 155 Å². The van der Waals surface area contributed by atoms with E-state index in [0.717, 1.165) is 12.1 Å². The number of imidazole rings is 1. The molecule has 26 heavy (non-hydrogen) atoms. The van der Waals surface area contributed by atoms with Crippen LogP contribution in [0.25, 0.3) is 0 Å². The Hall–Kier alpha value is -2.63. The summed E-state index contributed by atoms with van der Waals surface area (Å²) in [6.45, 7) is 7.43. The van der Waals surface area contributed by atoms with E-state index in [0.29, 0.717) is 25.9 Å². The highest BCUT2D eigenvalue weighted by Gasteiger charge is 2.20. The lowest BCUT2D eigenvalue weighted by atomic mass is 9.96. The summed E-state index contributed by atoms with van der Waals surface area (Å²) in [5.41, 5.74) is 1.85. The smallest absolute Gasteiger partial charge is 0.225 e. The van der Waals surface area contributed by atoms with Gasteiger partial charge in [-0.05, 0) is 17.5 Å². The lowest BCUT2D eigenvalue weighted by Crippen LogP contribution is -2.35. The van der Waals surface area contributed by atoms with Crippen molar-refractivity contribution in [3.63, 3.8) is 0 Å². The molecule has 1 aromatic carbocycles. The van der Waals surface area contributed by atoms with Gasteiger partial charge in [-0.3, -0.25) is 9.59 Å². The Morgan fingerprint density at radius 3 is 2.38 bits per heavy atom. The van der Waals surface area contributed by atoms with Crippen molar-refractivity contribution in [1.82, 2.24) is 20.2 Å². The monoisotopic (exact) mass is 356 g/mol. The van der Waals surface area contributed by atoms with Gasteiger partial charge in [0.15, 0.2) is 0 Å². The maximum atomic E-state index is 11.9. The summed E-state index contributed by atoms with van der Waals surface area (Å²) in [6.07, 6.45) is 6.52. The summed E-state index contributed by atoms with van der Waals surface area (Å²) in [5, 5.41) is 5.77. The molecule has 0 unspecified atom stereocenters. The molecule has 0 saturated heterocycles. The minimum Gasteiger partial charge on any atom is -0.356 e. The van der Waals surface area contributed by atoms with E-state index < -0.39 is 5.41 Å². The molecular formula is C20H28N4O2. The molecule has 0 aliphatic heterocycles. The average molecular weight is 356 g/mol. The number of carbonyl (C=O) groups excluding carboxylic acids is 2. The molecule has 2 N–H and O–H groups in total. The Kier molecular flexibility index (Phi) is 6.95. The normalized spacial score (nSPS) is 11.2. The number of hydrogen-bond donors (Lipinski definition) is 2. The molecule has 2 rings (SSSR count). The number of rotatable bonds is 8. The van der Waals surface area contributed by atoms with E-state index in [-0.39, 0.29) is 11.8 Å². The largest absolute Gasteiger partial charge is 0.356 e. The molecule has 0 fully saturated rings. The van der Waals surface area contributed by atoms with Crippen molar-refractivity contribution in [1.29, 1.82) is 0 Å². The van der Waals surface area contributed by atoms with Crippen molar-refractivity contribution in [3.05, 3.63) is 54.1 Å². The molecule has 1 heterocycles. The number of hydrogen-bond acceptors (Lipinski definition) is 3. The van der Waals surface area contributed by atoms with Crippen LogP contribution in [0.5, 0.6) is 0 Å². The van der Waals surface area contributed by atoms with Crippen molar-refractivity contribution in [3.8, 4) is 0 Å². The van der Waals surface area contributed by atoms with Crippen molar-refractivity contribution in [2.24, 2.45) is 5.41 Å². The van der Waals surface area contributed by atoms with Gasteiger partial charge in [-0.2, -0.15) is 0 Å². The predicted molar refractivity (Wildman–Crippen MR) is 101 cm³/mol. The zero-order valence-corrected chi connectivity index (χ0v) is 15.8. The van der Waals surface area contributed by atoms with E-state index in [2.05, 4.69) is 27.8 Å². The van der Waals surface area contributed by atoms with E-state index in [4.69, 9.17) is 0 Å². The topological polar surface area (TPSA) is 76.0 Å². The Morgan fingerprint density at radius 2 is 1.77 bits per heavy atom. The standard InChI is InChI=1S/C20H28N4O2/c1-20(2,3)19(26)22-10-4-5-18(25)23-13-16-6-8-17(9-7-16)14-24-12-11-21-15-24/h6-9,11-12,15H,4-5,10,13-14H2,1-3H3,(H,22,26)(H,23,25). The second-order valence-electron chi connectivity index (χ2n) is 7.44. The van der Waals surface area contributed by atoms with Gasteiger partial charge in [-0.15, -0.1) is 0 Å². The summed E-state index contributed by atoms with van der Waals surface area (Å²) in [7, 11) is 0. The van der Waals surface area contributed by atoms with Crippen LogP contribution in [0.3, 0.4) is 0 Å². The molecule has 0 aliphatic rings. The van der Waals surface area contributed by atoms with E-state index >= 15 is 0 Å². The van der Waals surface area contributed by atoms with Crippen LogP contribution in [-0.4, -0.2) is 27.9 Å². The lowest BCUT2D eigenvalue weighted by molar-refractivity contribution is -0.128. The van der Waals surface area contributed by atoms with Crippen LogP contribution >= 0.6 is 0 Å². The number of benzene rings is 1. The summed E-state index contributed by atoms with van der Waals surface area (Å²) in [5.74, 6) is 0.00573. The second kappa shape index (κ2) is 9.17. The molecule has 0 spiro atoms. The van der Waals surface area contributed by atoms with E-state index in [1.165, 1.54) is 5.56 Å². The Bertz CT molecular complexity index is 700. The van der Waals surface area contributed by atoms with Gasteiger partial charge in [-0.1, -0.05) is 45.0 Å². The molecule has 140 valence electrons. The zero-order valence-electron chi connectivity index (χ0n) is 15.8. The quantitative estimate of drug-likeness (QED) is 0.714. The van der Waals surface area contributed by atoms with Crippen LogP contribution in [-0.2, 0) is 22.7 Å². The van der Waals surface area contributed by atoms with E-state index in [9.17, 15) is 9.59 Å². The maximum Gasteiger partial charge on any atom is 0.225 e. The third-order valence-electron chi connectivity index (χ3n) is 3.98. The first-order valence-electron chi connectivity index (χ1n) is 8.93. The van der Waals surface area contributed by atoms with Gasteiger partial charge < -0.3 is 15.2 Å². The SMILES string of the molecule is CC(C)(C)C(=O)NCCCC(=O)NCc1ccc(Cn2ccnc2)cc1. The molecule has 6 nitrogen and oxygen atoms in total.